The number of aromatic nitrogens is 2. The normalized spacial score (nSPS) is 11.0. The number of para-hydroxylation sites is 1. The molecule has 2 heterocycles. The average Bonchev–Trinajstić information content (AvgIpc) is 3.16. The van der Waals surface area contributed by atoms with Gasteiger partial charge in [0, 0.05) is 21.7 Å². The number of halogens is 1. The molecule has 0 atom stereocenters. The molecule has 0 aliphatic heterocycles. The Kier molecular flexibility index (Phi) is 6.06. The van der Waals surface area contributed by atoms with Crippen molar-refractivity contribution >= 4 is 44.6 Å². The van der Waals surface area contributed by atoms with Gasteiger partial charge in [0.1, 0.15) is 5.58 Å². The summed E-state index contributed by atoms with van der Waals surface area (Å²) in [5, 5.41) is 1.39. The highest BCUT2D eigenvalue weighted by molar-refractivity contribution is 9.10. The van der Waals surface area contributed by atoms with Crippen LogP contribution in [-0.4, -0.2) is 27.9 Å². The Morgan fingerprint density at radius 2 is 1.97 bits per heavy atom. The van der Waals surface area contributed by atoms with Gasteiger partial charge in [0.2, 0.25) is 0 Å². The van der Waals surface area contributed by atoms with Gasteiger partial charge >= 0.3 is 11.6 Å². The zero-order valence-corrected chi connectivity index (χ0v) is 18.4. The van der Waals surface area contributed by atoms with Crippen LogP contribution in [-0.2, 0) is 9.53 Å². The zero-order chi connectivity index (χ0) is 21.1. The van der Waals surface area contributed by atoms with Gasteiger partial charge < -0.3 is 9.15 Å². The maximum atomic E-state index is 12.6. The van der Waals surface area contributed by atoms with Crippen LogP contribution in [0.2, 0.25) is 0 Å². The van der Waals surface area contributed by atoms with Crippen molar-refractivity contribution in [1.82, 2.24) is 9.55 Å². The number of benzene rings is 2. The number of fused-ring (bicyclic) bond motifs is 1. The molecule has 0 saturated carbocycles. The molecule has 2 aromatic heterocycles. The monoisotopic (exact) mass is 484 g/mol. The third kappa shape index (κ3) is 4.34. The summed E-state index contributed by atoms with van der Waals surface area (Å²) in [5.74, 6) is -0.202. The molecule has 0 amide bonds. The number of nitrogens with zero attached hydrogens (tertiary/aromatic N) is 2. The molecule has 2 aromatic carbocycles. The summed E-state index contributed by atoms with van der Waals surface area (Å²) in [5.41, 5.74) is 1.76. The van der Waals surface area contributed by atoms with E-state index >= 15 is 0 Å². The molecular formula is C22H17BrN2O4S. The number of ether oxygens (including phenoxy) is 1. The van der Waals surface area contributed by atoms with Gasteiger partial charge in [-0.25, -0.2) is 9.78 Å². The van der Waals surface area contributed by atoms with E-state index in [1.54, 1.807) is 25.3 Å². The fraction of sp³-hybridized carbons (Fsp3) is 0.136. The number of hydrogen-bond donors (Lipinski definition) is 0. The highest BCUT2D eigenvalue weighted by Crippen LogP contribution is 2.28. The van der Waals surface area contributed by atoms with E-state index in [1.165, 1.54) is 11.8 Å². The van der Waals surface area contributed by atoms with Crippen LogP contribution < -0.4 is 5.63 Å². The van der Waals surface area contributed by atoms with Crippen LogP contribution in [0.1, 0.15) is 6.92 Å². The van der Waals surface area contributed by atoms with Crippen molar-refractivity contribution in [3.05, 3.63) is 75.7 Å². The largest absolute Gasteiger partial charge is 0.465 e. The molecule has 0 spiro atoms. The molecule has 0 N–H and O–H groups in total. The van der Waals surface area contributed by atoms with Crippen molar-refractivity contribution in [3.8, 4) is 16.9 Å². The van der Waals surface area contributed by atoms with Crippen molar-refractivity contribution in [2.24, 2.45) is 0 Å². The van der Waals surface area contributed by atoms with E-state index in [1.807, 2.05) is 47.0 Å². The summed E-state index contributed by atoms with van der Waals surface area (Å²) < 4.78 is 13.3. The van der Waals surface area contributed by atoms with Crippen molar-refractivity contribution < 1.29 is 13.9 Å². The fourth-order valence-electron chi connectivity index (χ4n) is 2.95. The number of thioether (sulfide) groups is 1. The van der Waals surface area contributed by atoms with Crippen molar-refractivity contribution in [2.45, 2.75) is 12.1 Å². The molecule has 0 bridgehead atoms. The Morgan fingerprint density at radius 3 is 2.73 bits per heavy atom. The highest BCUT2D eigenvalue weighted by atomic mass is 79.9. The van der Waals surface area contributed by atoms with E-state index in [4.69, 9.17) is 9.15 Å². The predicted molar refractivity (Wildman–Crippen MR) is 120 cm³/mol. The quantitative estimate of drug-likeness (QED) is 0.216. The molecule has 4 rings (SSSR count). The van der Waals surface area contributed by atoms with Gasteiger partial charge in [-0.05, 0) is 43.3 Å². The maximum absolute atomic E-state index is 12.6. The summed E-state index contributed by atoms with van der Waals surface area (Å²) in [4.78, 5) is 29.0. The number of rotatable bonds is 6. The Morgan fingerprint density at radius 1 is 1.20 bits per heavy atom. The maximum Gasteiger partial charge on any atom is 0.345 e. The average molecular weight is 485 g/mol. The summed E-state index contributed by atoms with van der Waals surface area (Å²) in [6, 6.07) is 16.8. The molecule has 0 aliphatic carbocycles. The van der Waals surface area contributed by atoms with Crippen molar-refractivity contribution in [2.75, 3.05) is 12.4 Å². The van der Waals surface area contributed by atoms with E-state index in [2.05, 4.69) is 20.9 Å². The Bertz CT molecular complexity index is 1260. The minimum Gasteiger partial charge on any atom is -0.465 e. The van der Waals surface area contributed by atoms with Crippen LogP contribution in [0.5, 0.6) is 0 Å². The second-order valence-electron chi connectivity index (χ2n) is 6.33. The molecule has 0 fully saturated rings. The van der Waals surface area contributed by atoms with Gasteiger partial charge in [-0.15, -0.1) is 0 Å². The molecule has 152 valence electrons. The SMILES string of the molecule is CCOC(=O)CSc1nc(-c2cc3ccccc3oc2=O)cn1-c1ccc(Br)cc1. The third-order valence-electron chi connectivity index (χ3n) is 4.32. The zero-order valence-electron chi connectivity index (χ0n) is 16.0. The first-order chi connectivity index (χ1) is 14.5. The van der Waals surface area contributed by atoms with E-state index in [-0.39, 0.29) is 11.7 Å². The number of esters is 1. The Labute approximate surface area is 185 Å². The third-order valence-corrected chi connectivity index (χ3v) is 5.78. The predicted octanol–water partition coefficient (Wildman–Crippen LogP) is 5.06. The van der Waals surface area contributed by atoms with Crippen molar-refractivity contribution in [1.29, 1.82) is 0 Å². The minimum atomic E-state index is -0.462. The number of imidazole rings is 1. The fourth-order valence-corrected chi connectivity index (χ4v) is 4.00. The van der Waals surface area contributed by atoms with Crippen molar-refractivity contribution in [3.63, 3.8) is 0 Å². The molecule has 8 heteroatoms. The van der Waals surface area contributed by atoms with Crippen LogP contribution in [0.15, 0.2) is 79.6 Å². The Hall–Kier alpha value is -2.84. The van der Waals surface area contributed by atoms with E-state index in [9.17, 15) is 9.59 Å². The highest BCUT2D eigenvalue weighted by Gasteiger charge is 2.17. The molecule has 0 aliphatic rings. The topological polar surface area (TPSA) is 74.3 Å². The molecule has 0 unspecified atom stereocenters. The number of carbonyl (C=O) groups excluding carboxylic acids is 1. The minimum absolute atomic E-state index is 0.118. The standard InChI is InChI=1S/C22H17BrN2O4S/c1-2-28-20(26)13-30-22-24-18(12-25(22)16-9-7-15(23)8-10-16)17-11-14-5-3-4-6-19(14)29-21(17)27/h3-12H,2,13H2,1H3. The second kappa shape index (κ2) is 8.89. The summed E-state index contributed by atoms with van der Waals surface area (Å²) in [6.07, 6.45) is 1.78. The van der Waals surface area contributed by atoms with Gasteiger partial charge in [-0.2, -0.15) is 0 Å². The molecule has 6 nitrogen and oxygen atoms in total. The molecule has 0 radical (unpaired) electrons. The summed E-state index contributed by atoms with van der Waals surface area (Å²) in [7, 11) is 0. The first-order valence-electron chi connectivity index (χ1n) is 9.22. The lowest BCUT2D eigenvalue weighted by Gasteiger charge is -2.07. The van der Waals surface area contributed by atoms with Gasteiger partial charge in [-0.1, -0.05) is 45.9 Å². The van der Waals surface area contributed by atoms with Crippen LogP contribution in [0.25, 0.3) is 27.9 Å². The summed E-state index contributed by atoms with van der Waals surface area (Å²) in [6.45, 7) is 2.09. The lowest BCUT2D eigenvalue weighted by molar-refractivity contribution is -0.139. The lowest BCUT2D eigenvalue weighted by Crippen LogP contribution is -2.07. The van der Waals surface area contributed by atoms with Crippen LogP contribution in [0.3, 0.4) is 0 Å². The molecule has 0 saturated heterocycles. The molecular weight excluding hydrogens is 468 g/mol. The summed E-state index contributed by atoms with van der Waals surface area (Å²) >= 11 is 4.69. The smallest absolute Gasteiger partial charge is 0.345 e. The van der Waals surface area contributed by atoms with Crippen LogP contribution in [0.4, 0.5) is 0 Å². The Balaban J connectivity index is 1.78. The molecule has 4 aromatic rings. The molecule has 30 heavy (non-hydrogen) atoms. The van der Waals surface area contributed by atoms with E-state index < -0.39 is 5.63 Å². The van der Waals surface area contributed by atoms with E-state index in [0.29, 0.717) is 28.6 Å². The van der Waals surface area contributed by atoms with E-state index in [0.717, 1.165) is 15.5 Å². The first-order valence-corrected chi connectivity index (χ1v) is 11.0. The van der Waals surface area contributed by atoms with Gasteiger partial charge in [-0.3, -0.25) is 9.36 Å². The van der Waals surface area contributed by atoms with Gasteiger partial charge in [0.25, 0.3) is 0 Å². The van der Waals surface area contributed by atoms with Crippen LogP contribution >= 0.6 is 27.7 Å². The van der Waals surface area contributed by atoms with Gasteiger partial charge in [0.05, 0.1) is 23.6 Å². The lowest BCUT2D eigenvalue weighted by atomic mass is 10.1. The van der Waals surface area contributed by atoms with Gasteiger partial charge in [0.15, 0.2) is 5.16 Å². The van der Waals surface area contributed by atoms with Crippen LogP contribution in [0, 0.1) is 0 Å². The number of carbonyl (C=O) groups is 1. The second-order valence-corrected chi connectivity index (χ2v) is 8.19. The number of hydrogen-bond acceptors (Lipinski definition) is 6. The first kappa shape index (κ1) is 20.4.